The van der Waals surface area contributed by atoms with Crippen molar-refractivity contribution < 1.29 is 13.9 Å². The van der Waals surface area contributed by atoms with Gasteiger partial charge in [-0.15, -0.1) is 0 Å². The molecule has 0 unspecified atom stereocenters. The number of furan rings is 1. The van der Waals surface area contributed by atoms with Gasteiger partial charge in [0, 0.05) is 22.7 Å². The minimum Gasteiger partial charge on any atom is -0.493 e. The summed E-state index contributed by atoms with van der Waals surface area (Å²) in [6.07, 6.45) is 2.82. The number of hydrogen-bond acceptors (Lipinski definition) is 3. The number of benzene rings is 1. The number of carbonyl (C=O) groups is 1. The number of aromatic nitrogens is 1. The van der Waals surface area contributed by atoms with Gasteiger partial charge in [0.15, 0.2) is 17.6 Å². The van der Waals surface area contributed by atoms with Gasteiger partial charge in [0.25, 0.3) is 0 Å². The third kappa shape index (κ3) is 2.03. The number of nitrogens with zero attached hydrogens (tertiary/aromatic N) is 1. The Hall–Kier alpha value is -3.01. The number of para-hydroxylation sites is 1. The van der Waals surface area contributed by atoms with E-state index >= 15 is 0 Å². The summed E-state index contributed by atoms with van der Waals surface area (Å²) < 4.78 is 13.2. The predicted molar refractivity (Wildman–Crippen MR) is 89.3 cm³/mol. The molecule has 0 bridgehead atoms. The first kappa shape index (κ1) is 13.6. The molecule has 0 atom stereocenters. The van der Waals surface area contributed by atoms with Crippen LogP contribution < -0.4 is 4.74 Å². The molecular formula is C19H15NO3. The second kappa shape index (κ2) is 5.02. The SMILES string of the molecule is COc1cccc2cc(-c3cc4ccc(C)cn4c3C=O)oc12. The molecule has 23 heavy (non-hydrogen) atoms. The van der Waals surface area contributed by atoms with E-state index in [1.54, 1.807) is 7.11 Å². The zero-order valence-electron chi connectivity index (χ0n) is 12.9. The van der Waals surface area contributed by atoms with Gasteiger partial charge in [0.1, 0.15) is 5.76 Å². The zero-order chi connectivity index (χ0) is 16.0. The lowest BCUT2D eigenvalue weighted by Gasteiger charge is -2.00. The van der Waals surface area contributed by atoms with Crippen LogP contribution in [0.5, 0.6) is 5.75 Å². The maximum absolute atomic E-state index is 11.6. The number of rotatable bonds is 3. The average Bonchev–Trinajstić information content (AvgIpc) is 3.14. The number of hydrogen-bond donors (Lipinski definition) is 0. The number of ether oxygens (including phenoxy) is 1. The van der Waals surface area contributed by atoms with Crippen molar-refractivity contribution in [3.8, 4) is 17.1 Å². The molecule has 3 aromatic heterocycles. The van der Waals surface area contributed by atoms with Gasteiger partial charge in [-0.2, -0.15) is 0 Å². The van der Waals surface area contributed by atoms with Crippen LogP contribution in [0.15, 0.2) is 53.1 Å². The summed E-state index contributed by atoms with van der Waals surface area (Å²) in [5.41, 5.74) is 4.10. The average molecular weight is 305 g/mol. The number of fused-ring (bicyclic) bond motifs is 2. The van der Waals surface area contributed by atoms with Crippen molar-refractivity contribution in [3.05, 3.63) is 59.9 Å². The zero-order valence-corrected chi connectivity index (χ0v) is 12.9. The number of aldehydes is 1. The monoisotopic (exact) mass is 305 g/mol. The lowest BCUT2D eigenvalue weighted by atomic mass is 10.1. The Morgan fingerprint density at radius 3 is 2.83 bits per heavy atom. The van der Waals surface area contributed by atoms with E-state index in [9.17, 15) is 4.79 Å². The van der Waals surface area contributed by atoms with Crippen LogP contribution in [0, 0.1) is 6.92 Å². The van der Waals surface area contributed by atoms with E-state index < -0.39 is 0 Å². The second-order valence-electron chi connectivity index (χ2n) is 5.55. The van der Waals surface area contributed by atoms with Crippen molar-refractivity contribution >= 4 is 22.8 Å². The van der Waals surface area contributed by atoms with Gasteiger partial charge in [-0.05, 0) is 36.8 Å². The fourth-order valence-corrected chi connectivity index (χ4v) is 2.94. The Morgan fingerprint density at radius 2 is 2.04 bits per heavy atom. The first-order chi connectivity index (χ1) is 11.2. The van der Waals surface area contributed by atoms with Crippen LogP contribution in [-0.2, 0) is 0 Å². The van der Waals surface area contributed by atoms with E-state index in [2.05, 4.69) is 0 Å². The smallest absolute Gasteiger partial charge is 0.176 e. The standard InChI is InChI=1S/C19H15NO3/c1-12-6-7-14-9-15(16(11-21)20(14)10-12)18-8-13-4-3-5-17(22-2)19(13)23-18/h3-11H,1-2H3. The molecule has 4 heteroatoms. The van der Waals surface area contributed by atoms with Gasteiger partial charge in [0.2, 0.25) is 0 Å². The van der Waals surface area contributed by atoms with Crippen LogP contribution in [0.25, 0.3) is 27.8 Å². The third-order valence-corrected chi connectivity index (χ3v) is 4.06. The molecule has 0 spiro atoms. The number of aryl methyl sites for hydroxylation is 1. The second-order valence-corrected chi connectivity index (χ2v) is 5.55. The Balaban J connectivity index is 2.00. The highest BCUT2D eigenvalue weighted by Crippen LogP contribution is 2.35. The summed E-state index contributed by atoms with van der Waals surface area (Å²) in [6, 6.07) is 13.7. The Bertz CT molecular complexity index is 1040. The van der Waals surface area contributed by atoms with Gasteiger partial charge < -0.3 is 13.6 Å². The van der Waals surface area contributed by atoms with Crippen molar-refractivity contribution in [1.29, 1.82) is 0 Å². The van der Waals surface area contributed by atoms with E-state index in [1.807, 2.05) is 60.0 Å². The van der Waals surface area contributed by atoms with Crippen molar-refractivity contribution in [2.24, 2.45) is 0 Å². The highest BCUT2D eigenvalue weighted by Gasteiger charge is 2.16. The first-order valence-electron chi connectivity index (χ1n) is 7.35. The lowest BCUT2D eigenvalue weighted by Crippen LogP contribution is -1.92. The molecule has 0 aliphatic rings. The van der Waals surface area contributed by atoms with Crippen LogP contribution in [0.4, 0.5) is 0 Å². The summed E-state index contributed by atoms with van der Waals surface area (Å²) in [4.78, 5) is 11.6. The van der Waals surface area contributed by atoms with Gasteiger partial charge >= 0.3 is 0 Å². The van der Waals surface area contributed by atoms with Crippen molar-refractivity contribution in [3.63, 3.8) is 0 Å². The molecule has 114 valence electrons. The van der Waals surface area contributed by atoms with Crippen LogP contribution in [0.3, 0.4) is 0 Å². The molecule has 4 nitrogen and oxygen atoms in total. The molecule has 0 saturated heterocycles. The lowest BCUT2D eigenvalue weighted by molar-refractivity contribution is 0.111. The van der Waals surface area contributed by atoms with Gasteiger partial charge in [-0.1, -0.05) is 18.2 Å². The topological polar surface area (TPSA) is 43.9 Å². The summed E-state index contributed by atoms with van der Waals surface area (Å²) in [6.45, 7) is 2.00. The van der Waals surface area contributed by atoms with E-state index in [-0.39, 0.29) is 0 Å². The predicted octanol–water partition coefficient (Wildman–Crippen LogP) is 4.48. The Kier molecular flexibility index (Phi) is 2.98. The summed E-state index contributed by atoms with van der Waals surface area (Å²) in [5.74, 6) is 1.34. The van der Waals surface area contributed by atoms with E-state index in [1.165, 1.54) is 0 Å². The Labute approximate surface area is 132 Å². The maximum Gasteiger partial charge on any atom is 0.176 e. The number of pyridine rings is 1. The first-order valence-corrected chi connectivity index (χ1v) is 7.35. The van der Waals surface area contributed by atoms with Gasteiger partial charge in [-0.25, -0.2) is 0 Å². The van der Waals surface area contributed by atoms with E-state index in [0.29, 0.717) is 22.8 Å². The highest BCUT2D eigenvalue weighted by molar-refractivity contribution is 5.93. The van der Waals surface area contributed by atoms with Crippen LogP contribution in [0.1, 0.15) is 16.1 Å². The molecule has 4 rings (SSSR count). The van der Waals surface area contributed by atoms with Crippen LogP contribution in [-0.4, -0.2) is 17.8 Å². The number of carbonyl (C=O) groups excluding carboxylic acids is 1. The molecule has 1 aromatic carbocycles. The quantitative estimate of drug-likeness (QED) is 0.524. The third-order valence-electron chi connectivity index (χ3n) is 4.06. The van der Waals surface area contributed by atoms with Crippen molar-refractivity contribution in [2.45, 2.75) is 6.92 Å². The molecule has 0 radical (unpaired) electrons. The van der Waals surface area contributed by atoms with Crippen molar-refractivity contribution in [1.82, 2.24) is 4.40 Å². The highest BCUT2D eigenvalue weighted by atomic mass is 16.5. The van der Waals surface area contributed by atoms with E-state index in [0.717, 1.165) is 28.3 Å². The van der Waals surface area contributed by atoms with Crippen molar-refractivity contribution in [2.75, 3.05) is 7.11 Å². The molecule has 0 aliphatic carbocycles. The van der Waals surface area contributed by atoms with Gasteiger partial charge in [-0.3, -0.25) is 4.79 Å². The number of methoxy groups -OCH3 is 1. The molecule has 0 N–H and O–H groups in total. The van der Waals surface area contributed by atoms with E-state index in [4.69, 9.17) is 9.15 Å². The summed E-state index contributed by atoms with van der Waals surface area (Å²) in [7, 11) is 1.61. The molecule has 4 aromatic rings. The largest absolute Gasteiger partial charge is 0.493 e. The molecule has 0 amide bonds. The molecule has 3 heterocycles. The maximum atomic E-state index is 11.6. The normalized spacial score (nSPS) is 11.2. The minimum atomic E-state index is 0.585. The molecule has 0 aliphatic heterocycles. The van der Waals surface area contributed by atoms with Gasteiger partial charge in [0.05, 0.1) is 12.8 Å². The molecular weight excluding hydrogens is 290 g/mol. The fraction of sp³-hybridized carbons (Fsp3) is 0.105. The minimum absolute atomic E-state index is 0.585. The molecule has 0 saturated carbocycles. The molecule has 0 fully saturated rings. The van der Waals surface area contributed by atoms with Crippen LogP contribution >= 0.6 is 0 Å². The fourth-order valence-electron chi connectivity index (χ4n) is 2.94. The Morgan fingerprint density at radius 1 is 1.17 bits per heavy atom. The van der Waals surface area contributed by atoms with Crippen LogP contribution in [0.2, 0.25) is 0 Å². The summed E-state index contributed by atoms with van der Waals surface area (Å²) in [5, 5.41) is 0.947. The summed E-state index contributed by atoms with van der Waals surface area (Å²) >= 11 is 0.